The van der Waals surface area contributed by atoms with Crippen LogP contribution in [0.15, 0.2) is 36.4 Å². The number of nitrogens with one attached hydrogen (secondary N) is 3. The number of hydrogen-bond donors (Lipinski definition) is 3. The van der Waals surface area contributed by atoms with E-state index in [9.17, 15) is 4.79 Å². The number of carbonyl (C=O) groups is 1. The van der Waals surface area contributed by atoms with E-state index >= 15 is 0 Å². The van der Waals surface area contributed by atoms with Gasteiger partial charge in [-0.2, -0.15) is 0 Å². The van der Waals surface area contributed by atoms with E-state index in [0.717, 1.165) is 35.5 Å². The highest BCUT2D eigenvalue weighted by atomic mass is 35.5. The highest BCUT2D eigenvalue weighted by Crippen LogP contribution is 2.19. The minimum atomic E-state index is 0. The summed E-state index contributed by atoms with van der Waals surface area (Å²) in [6.07, 6.45) is 0. The number of carbonyl (C=O) groups excluding carboxylic acids is 1. The van der Waals surface area contributed by atoms with E-state index in [0.29, 0.717) is 6.54 Å². The van der Waals surface area contributed by atoms with Crippen LogP contribution in [0.25, 0.3) is 0 Å². The fraction of sp³-hybridized carbons (Fsp3) is 0.316. The Morgan fingerprint density at radius 1 is 1.04 bits per heavy atom. The number of amides is 1. The molecule has 3 N–H and O–H groups in total. The minimum absolute atomic E-state index is 0. The van der Waals surface area contributed by atoms with Crippen molar-refractivity contribution in [2.45, 2.75) is 33.5 Å². The van der Waals surface area contributed by atoms with Crippen LogP contribution < -0.4 is 16.0 Å². The third-order valence-corrected chi connectivity index (χ3v) is 4.30. The molecule has 3 rings (SSSR count). The van der Waals surface area contributed by atoms with Gasteiger partial charge >= 0.3 is 0 Å². The lowest BCUT2D eigenvalue weighted by atomic mass is 10.1. The highest BCUT2D eigenvalue weighted by molar-refractivity contribution is 5.85. The molecule has 25 heavy (non-hydrogen) atoms. The fourth-order valence-corrected chi connectivity index (χ4v) is 2.98. The Morgan fingerprint density at radius 3 is 2.44 bits per heavy atom. The van der Waals surface area contributed by atoms with Gasteiger partial charge in [0.05, 0.1) is 6.54 Å². The molecule has 2 aromatic carbocycles. The predicted molar refractivity (Wildman–Crippen MR) is 108 cm³/mol. The molecule has 2 aromatic rings. The molecule has 1 aliphatic heterocycles. The minimum Gasteiger partial charge on any atom is -0.376 e. The summed E-state index contributed by atoms with van der Waals surface area (Å²) in [7, 11) is 0. The molecule has 0 aromatic heterocycles. The maximum absolute atomic E-state index is 12.1. The molecule has 1 amide bonds. The normalized spacial score (nSPS) is 11.8. The van der Waals surface area contributed by atoms with Crippen LogP contribution in [0.5, 0.6) is 0 Å². The van der Waals surface area contributed by atoms with Crippen LogP contribution in [0.1, 0.15) is 27.8 Å². The lowest BCUT2D eigenvalue weighted by molar-refractivity contribution is -0.119. The quantitative estimate of drug-likeness (QED) is 0.742. The molecule has 0 unspecified atom stereocenters. The first kappa shape index (κ1) is 21.3. The Balaban J connectivity index is 0.00000156. The van der Waals surface area contributed by atoms with Crippen molar-refractivity contribution in [1.82, 2.24) is 10.6 Å². The Kier molecular flexibility index (Phi) is 8.23. The van der Waals surface area contributed by atoms with Crippen molar-refractivity contribution >= 4 is 36.4 Å². The smallest absolute Gasteiger partial charge is 0.239 e. The molecule has 136 valence electrons. The van der Waals surface area contributed by atoms with Gasteiger partial charge in [0.15, 0.2) is 0 Å². The van der Waals surface area contributed by atoms with E-state index in [1.54, 1.807) is 0 Å². The maximum atomic E-state index is 12.1. The van der Waals surface area contributed by atoms with Crippen LogP contribution in [0, 0.1) is 13.8 Å². The number of aryl methyl sites for hydroxylation is 2. The maximum Gasteiger partial charge on any atom is 0.239 e. The van der Waals surface area contributed by atoms with Crippen molar-refractivity contribution in [1.29, 1.82) is 0 Å². The number of para-hydroxylation sites is 1. The summed E-state index contributed by atoms with van der Waals surface area (Å²) in [5.74, 6) is 0.00581. The zero-order valence-electron chi connectivity index (χ0n) is 14.5. The van der Waals surface area contributed by atoms with Crippen LogP contribution in [0.4, 0.5) is 5.69 Å². The van der Waals surface area contributed by atoms with Gasteiger partial charge in [-0.15, -0.1) is 24.8 Å². The predicted octanol–water partition coefficient (Wildman–Crippen LogP) is 3.48. The summed E-state index contributed by atoms with van der Waals surface area (Å²) in [6, 6.07) is 12.5. The standard InChI is InChI=1S/C19H23N3O.2ClH/c1-13-4-3-5-14(2)19(13)22-12-18(23)21-9-15-6-7-16-10-20-11-17(16)8-15;;/h3-8,20,22H,9-12H2,1-2H3,(H,21,23);2*1H. The average molecular weight is 382 g/mol. The molecule has 0 aliphatic carbocycles. The van der Waals surface area contributed by atoms with E-state index < -0.39 is 0 Å². The molecule has 0 saturated heterocycles. The highest BCUT2D eigenvalue weighted by Gasteiger charge is 2.10. The third-order valence-electron chi connectivity index (χ3n) is 4.30. The molecule has 0 atom stereocenters. The first-order valence-electron chi connectivity index (χ1n) is 8.01. The van der Waals surface area contributed by atoms with Gasteiger partial charge in [-0.1, -0.05) is 36.4 Å². The average Bonchev–Trinajstić information content (AvgIpc) is 3.00. The van der Waals surface area contributed by atoms with E-state index in [2.05, 4.69) is 34.1 Å². The Bertz CT molecular complexity index is 714. The number of anilines is 1. The summed E-state index contributed by atoms with van der Waals surface area (Å²) in [6.45, 7) is 6.82. The lowest BCUT2D eigenvalue weighted by Crippen LogP contribution is -2.29. The van der Waals surface area contributed by atoms with Gasteiger partial charge in [0, 0.05) is 25.3 Å². The summed E-state index contributed by atoms with van der Waals surface area (Å²) in [4.78, 5) is 12.1. The molecule has 0 bridgehead atoms. The second-order valence-electron chi connectivity index (χ2n) is 6.10. The second-order valence-corrected chi connectivity index (χ2v) is 6.10. The molecule has 0 saturated carbocycles. The first-order chi connectivity index (χ1) is 11.1. The number of hydrogen-bond acceptors (Lipinski definition) is 3. The number of rotatable bonds is 5. The van der Waals surface area contributed by atoms with Crippen LogP contribution in [0.3, 0.4) is 0 Å². The summed E-state index contributed by atoms with van der Waals surface area (Å²) in [5.41, 5.74) is 7.20. The first-order valence-corrected chi connectivity index (χ1v) is 8.01. The summed E-state index contributed by atoms with van der Waals surface area (Å²) in [5, 5.41) is 9.55. The van der Waals surface area contributed by atoms with Gasteiger partial charge < -0.3 is 16.0 Å². The van der Waals surface area contributed by atoms with Gasteiger partial charge in [0.25, 0.3) is 0 Å². The van der Waals surface area contributed by atoms with Gasteiger partial charge in [-0.3, -0.25) is 4.79 Å². The van der Waals surface area contributed by atoms with Crippen molar-refractivity contribution in [2.24, 2.45) is 0 Å². The van der Waals surface area contributed by atoms with Crippen molar-refractivity contribution < 1.29 is 4.79 Å². The van der Waals surface area contributed by atoms with Crippen LogP contribution in [0.2, 0.25) is 0 Å². The molecule has 1 heterocycles. The zero-order valence-corrected chi connectivity index (χ0v) is 16.2. The van der Waals surface area contributed by atoms with Gasteiger partial charge in [-0.05, 0) is 41.7 Å². The molecule has 0 radical (unpaired) electrons. The van der Waals surface area contributed by atoms with Gasteiger partial charge in [0.2, 0.25) is 5.91 Å². The number of fused-ring (bicyclic) bond motifs is 1. The van der Waals surface area contributed by atoms with Crippen molar-refractivity contribution in [3.05, 3.63) is 64.2 Å². The van der Waals surface area contributed by atoms with E-state index in [-0.39, 0.29) is 37.3 Å². The second kappa shape index (κ2) is 9.66. The zero-order chi connectivity index (χ0) is 16.2. The molecule has 4 nitrogen and oxygen atoms in total. The SMILES string of the molecule is Cc1cccc(C)c1NCC(=O)NCc1ccc2c(c1)CNC2.Cl.Cl. The molecule has 0 spiro atoms. The van der Waals surface area contributed by atoms with E-state index in [4.69, 9.17) is 0 Å². The van der Waals surface area contributed by atoms with Gasteiger partial charge in [0.1, 0.15) is 0 Å². The van der Waals surface area contributed by atoms with Gasteiger partial charge in [-0.25, -0.2) is 0 Å². The van der Waals surface area contributed by atoms with Crippen LogP contribution >= 0.6 is 24.8 Å². The van der Waals surface area contributed by atoms with Crippen molar-refractivity contribution in [2.75, 3.05) is 11.9 Å². The van der Waals surface area contributed by atoms with E-state index in [1.807, 2.05) is 32.0 Å². The summed E-state index contributed by atoms with van der Waals surface area (Å²) < 4.78 is 0. The molecule has 1 aliphatic rings. The van der Waals surface area contributed by atoms with Crippen LogP contribution in [-0.4, -0.2) is 12.5 Å². The van der Waals surface area contributed by atoms with Crippen molar-refractivity contribution in [3.63, 3.8) is 0 Å². The number of benzene rings is 2. The van der Waals surface area contributed by atoms with Crippen LogP contribution in [-0.2, 0) is 24.4 Å². The monoisotopic (exact) mass is 381 g/mol. The lowest BCUT2D eigenvalue weighted by Gasteiger charge is -2.13. The molecule has 0 fully saturated rings. The fourth-order valence-electron chi connectivity index (χ4n) is 2.98. The Labute approximate surface area is 161 Å². The van der Waals surface area contributed by atoms with Crippen molar-refractivity contribution in [3.8, 4) is 0 Å². The van der Waals surface area contributed by atoms with E-state index in [1.165, 1.54) is 11.1 Å². The Hall–Kier alpha value is -1.75. The molecular formula is C19H25Cl2N3O. The summed E-state index contributed by atoms with van der Waals surface area (Å²) >= 11 is 0. The third kappa shape index (κ3) is 5.36. The topological polar surface area (TPSA) is 53.2 Å². The Morgan fingerprint density at radius 2 is 1.72 bits per heavy atom. The number of halogens is 2. The largest absolute Gasteiger partial charge is 0.376 e. The molecule has 6 heteroatoms. The molecular weight excluding hydrogens is 357 g/mol.